The third kappa shape index (κ3) is 4.21. The Labute approximate surface area is 120 Å². The predicted molar refractivity (Wildman–Crippen MR) is 80.1 cm³/mol. The summed E-state index contributed by atoms with van der Waals surface area (Å²) in [4.78, 5) is 12.3. The molecule has 0 saturated carbocycles. The van der Waals surface area contributed by atoms with Crippen molar-refractivity contribution in [3.63, 3.8) is 0 Å². The van der Waals surface area contributed by atoms with Gasteiger partial charge in [-0.3, -0.25) is 4.79 Å². The number of nitrogens with one attached hydrogen (secondary N) is 1. The highest BCUT2D eigenvalue weighted by atomic mass is 16.5. The topological polar surface area (TPSA) is 84.6 Å². The summed E-state index contributed by atoms with van der Waals surface area (Å²) in [5.74, 6) is 0.540. The SMILES string of the molecule is CCOc1ccc(C(=O)C(C)NC(CC)CO)cc1N. The van der Waals surface area contributed by atoms with E-state index in [9.17, 15) is 4.79 Å². The molecule has 20 heavy (non-hydrogen) atoms. The lowest BCUT2D eigenvalue weighted by Crippen LogP contribution is -2.43. The predicted octanol–water partition coefficient (Wildman–Crippen LogP) is 1.60. The minimum atomic E-state index is -0.371. The van der Waals surface area contributed by atoms with E-state index >= 15 is 0 Å². The fraction of sp³-hybridized carbons (Fsp3) is 0.533. The second-order valence-corrected chi connectivity index (χ2v) is 4.73. The average Bonchev–Trinajstić information content (AvgIpc) is 2.46. The van der Waals surface area contributed by atoms with Gasteiger partial charge in [-0.05, 0) is 38.5 Å². The highest BCUT2D eigenvalue weighted by molar-refractivity contribution is 6.00. The van der Waals surface area contributed by atoms with Crippen LogP contribution < -0.4 is 15.8 Å². The van der Waals surface area contributed by atoms with E-state index in [1.807, 2.05) is 13.8 Å². The number of carbonyl (C=O) groups is 1. The monoisotopic (exact) mass is 280 g/mol. The van der Waals surface area contributed by atoms with Gasteiger partial charge in [-0.25, -0.2) is 0 Å². The van der Waals surface area contributed by atoms with Crippen LogP contribution in [0.2, 0.25) is 0 Å². The van der Waals surface area contributed by atoms with Gasteiger partial charge in [0.25, 0.3) is 0 Å². The zero-order chi connectivity index (χ0) is 15.1. The first-order valence-electron chi connectivity index (χ1n) is 6.96. The lowest BCUT2D eigenvalue weighted by molar-refractivity contribution is 0.0936. The quantitative estimate of drug-likeness (QED) is 0.497. The van der Waals surface area contributed by atoms with Crippen molar-refractivity contribution in [1.82, 2.24) is 5.32 Å². The Kier molecular flexibility index (Phi) is 6.48. The molecule has 0 saturated heterocycles. The zero-order valence-corrected chi connectivity index (χ0v) is 12.3. The molecular weight excluding hydrogens is 256 g/mol. The van der Waals surface area contributed by atoms with Crippen LogP contribution in [0, 0.1) is 0 Å². The van der Waals surface area contributed by atoms with Gasteiger partial charge in [0.2, 0.25) is 0 Å². The molecule has 2 atom stereocenters. The minimum Gasteiger partial charge on any atom is -0.492 e. The van der Waals surface area contributed by atoms with Crippen molar-refractivity contribution >= 4 is 11.5 Å². The lowest BCUT2D eigenvalue weighted by Gasteiger charge is -2.20. The number of aliphatic hydroxyl groups excluding tert-OH is 1. The highest BCUT2D eigenvalue weighted by Gasteiger charge is 2.18. The molecule has 1 rings (SSSR count). The number of anilines is 1. The molecule has 0 spiro atoms. The number of carbonyl (C=O) groups excluding carboxylic acids is 1. The average molecular weight is 280 g/mol. The molecule has 4 N–H and O–H groups in total. The van der Waals surface area contributed by atoms with E-state index < -0.39 is 0 Å². The molecule has 0 aliphatic heterocycles. The van der Waals surface area contributed by atoms with Gasteiger partial charge in [-0.1, -0.05) is 6.92 Å². The number of aliphatic hydroxyl groups is 1. The molecule has 2 unspecified atom stereocenters. The number of Topliss-reactive ketones (excluding diaryl/α,β-unsaturated/α-hetero) is 1. The highest BCUT2D eigenvalue weighted by Crippen LogP contribution is 2.23. The number of ether oxygens (including phenoxy) is 1. The van der Waals surface area contributed by atoms with Gasteiger partial charge in [-0.15, -0.1) is 0 Å². The smallest absolute Gasteiger partial charge is 0.179 e. The first-order valence-corrected chi connectivity index (χ1v) is 6.96. The summed E-state index contributed by atoms with van der Waals surface area (Å²) in [5.41, 5.74) is 6.86. The molecule has 0 bridgehead atoms. The number of hydrogen-bond acceptors (Lipinski definition) is 5. The van der Waals surface area contributed by atoms with E-state index in [4.69, 9.17) is 15.6 Å². The van der Waals surface area contributed by atoms with E-state index in [-0.39, 0.29) is 24.5 Å². The largest absolute Gasteiger partial charge is 0.492 e. The minimum absolute atomic E-state index is 0.0134. The first-order chi connectivity index (χ1) is 9.53. The first kappa shape index (κ1) is 16.5. The van der Waals surface area contributed by atoms with Gasteiger partial charge in [0.15, 0.2) is 5.78 Å². The van der Waals surface area contributed by atoms with Crippen molar-refractivity contribution in [1.29, 1.82) is 0 Å². The summed E-state index contributed by atoms with van der Waals surface area (Å²) in [6, 6.07) is 4.61. The number of hydrogen-bond donors (Lipinski definition) is 3. The molecule has 0 amide bonds. The third-order valence-electron chi connectivity index (χ3n) is 3.19. The lowest BCUT2D eigenvalue weighted by atomic mass is 10.0. The Morgan fingerprint density at radius 2 is 2.15 bits per heavy atom. The number of benzene rings is 1. The molecule has 0 heterocycles. The molecule has 0 fully saturated rings. The summed E-state index contributed by atoms with van der Waals surface area (Å²) >= 11 is 0. The molecule has 1 aromatic rings. The van der Waals surface area contributed by atoms with Crippen LogP contribution in [0.1, 0.15) is 37.6 Å². The second-order valence-electron chi connectivity index (χ2n) is 4.73. The van der Waals surface area contributed by atoms with Crippen LogP contribution in [0.15, 0.2) is 18.2 Å². The van der Waals surface area contributed by atoms with Crippen LogP contribution >= 0.6 is 0 Å². The summed E-state index contributed by atoms with van der Waals surface area (Å²) < 4.78 is 5.35. The molecule has 0 aliphatic rings. The summed E-state index contributed by atoms with van der Waals surface area (Å²) in [6.07, 6.45) is 0.763. The van der Waals surface area contributed by atoms with Crippen molar-refractivity contribution < 1.29 is 14.6 Å². The third-order valence-corrected chi connectivity index (χ3v) is 3.19. The number of nitrogens with two attached hydrogens (primary N) is 1. The number of rotatable bonds is 8. The van der Waals surface area contributed by atoms with Gasteiger partial charge in [0.05, 0.1) is 24.9 Å². The summed E-state index contributed by atoms with van der Waals surface area (Å²) in [5, 5.41) is 12.3. The summed E-state index contributed by atoms with van der Waals surface area (Å²) in [6.45, 7) is 6.17. The van der Waals surface area contributed by atoms with Crippen LogP contribution in [-0.2, 0) is 0 Å². The fourth-order valence-corrected chi connectivity index (χ4v) is 1.97. The van der Waals surface area contributed by atoms with Crippen LogP contribution in [-0.4, -0.2) is 36.2 Å². The van der Waals surface area contributed by atoms with Gasteiger partial charge in [0.1, 0.15) is 5.75 Å². The molecule has 112 valence electrons. The molecular formula is C15H24N2O3. The molecule has 0 aliphatic carbocycles. The van der Waals surface area contributed by atoms with E-state index in [0.717, 1.165) is 6.42 Å². The Morgan fingerprint density at radius 3 is 2.65 bits per heavy atom. The van der Waals surface area contributed by atoms with Gasteiger partial charge in [0, 0.05) is 11.6 Å². The van der Waals surface area contributed by atoms with Crippen molar-refractivity contribution in [3.8, 4) is 5.75 Å². The number of ketones is 1. The van der Waals surface area contributed by atoms with Crippen LogP contribution in [0.4, 0.5) is 5.69 Å². The summed E-state index contributed by atoms with van der Waals surface area (Å²) in [7, 11) is 0. The van der Waals surface area contributed by atoms with Gasteiger partial charge in [-0.2, -0.15) is 0 Å². The van der Waals surface area contributed by atoms with Crippen molar-refractivity contribution in [2.24, 2.45) is 0 Å². The molecule has 0 aromatic heterocycles. The Morgan fingerprint density at radius 1 is 1.45 bits per heavy atom. The molecule has 5 heteroatoms. The van der Waals surface area contributed by atoms with E-state index in [1.165, 1.54) is 0 Å². The van der Waals surface area contributed by atoms with Crippen molar-refractivity contribution in [3.05, 3.63) is 23.8 Å². The van der Waals surface area contributed by atoms with Crippen molar-refractivity contribution in [2.45, 2.75) is 39.3 Å². The van der Waals surface area contributed by atoms with Crippen molar-refractivity contribution in [2.75, 3.05) is 18.9 Å². The van der Waals surface area contributed by atoms with Crippen LogP contribution in [0.5, 0.6) is 5.75 Å². The van der Waals surface area contributed by atoms with E-state index in [1.54, 1.807) is 25.1 Å². The van der Waals surface area contributed by atoms with Crippen LogP contribution in [0.25, 0.3) is 0 Å². The van der Waals surface area contributed by atoms with E-state index in [2.05, 4.69) is 5.32 Å². The maximum Gasteiger partial charge on any atom is 0.179 e. The maximum absolute atomic E-state index is 12.3. The Hall–Kier alpha value is -1.59. The fourth-order valence-electron chi connectivity index (χ4n) is 1.97. The van der Waals surface area contributed by atoms with Gasteiger partial charge >= 0.3 is 0 Å². The maximum atomic E-state index is 12.3. The number of nitrogen functional groups attached to an aromatic ring is 1. The standard InChI is InChI=1S/C15H24N2O3/c1-4-12(9-18)17-10(3)15(19)11-6-7-14(20-5-2)13(16)8-11/h6-8,10,12,17-18H,4-5,9,16H2,1-3H3. The zero-order valence-electron chi connectivity index (χ0n) is 12.3. The molecule has 0 radical (unpaired) electrons. The van der Waals surface area contributed by atoms with Crippen LogP contribution in [0.3, 0.4) is 0 Å². The molecule has 1 aromatic carbocycles. The van der Waals surface area contributed by atoms with Gasteiger partial charge < -0.3 is 20.9 Å². The normalized spacial score (nSPS) is 13.8. The second kappa shape index (κ2) is 7.87. The van der Waals surface area contributed by atoms with E-state index in [0.29, 0.717) is 23.6 Å². The Balaban J connectivity index is 2.78. The Bertz CT molecular complexity index is 445. The molecule has 5 nitrogen and oxygen atoms in total.